The maximum atomic E-state index is 10.9. The molecule has 3 aromatic rings. The summed E-state index contributed by atoms with van der Waals surface area (Å²) in [5, 5.41) is 19.0. The van der Waals surface area contributed by atoms with Crippen LogP contribution in [0.5, 0.6) is 11.5 Å². The van der Waals surface area contributed by atoms with Crippen molar-refractivity contribution in [3.63, 3.8) is 0 Å². The van der Waals surface area contributed by atoms with E-state index >= 15 is 0 Å². The molecule has 5 nitrogen and oxygen atoms in total. The standard InChI is InChI=1S/C24H24O5.C2H6/c1-17-5-9-22(10-6-17)28-15-21(25)16-29-23-11-7-19(8-12-23)20-4-2-3-18(13-20)14-24(26)27;1-2/h2-13,21,25H,14-16H2,1H3,(H,26,27);1-2H3. The molecule has 0 aliphatic rings. The van der Waals surface area contributed by atoms with Gasteiger partial charge in [-0.1, -0.05) is 67.9 Å². The van der Waals surface area contributed by atoms with Gasteiger partial charge in [0.05, 0.1) is 6.42 Å². The monoisotopic (exact) mass is 422 g/mol. The van der Waals surface area contributed by atoms with Gasteiger partial charge in [0.2, 0.25) is 0 Å². The third-order valence-corrected chi connectivity index (χ3v) is 4.38. The molecule has 0 bridgehead atoms. The fourth-order valence-electron chi connectivity index (χ4n) is 2.85. The molecule has 0 aliphatic carbocycles. The van der Waals surface area contributed by atoms with Crippen LogP contribution in [0.15, 0.2) is 72.8 Å². The van der Waals surface area contributed by atoms with Crippen LogP contribution in [-0.2, 0) is 11.2 Å². The van der Waals surface area contributed by atoms with Gasteiger partial charge in [-0.2, -0.15) is 0 Å². The van der Waals surface area contributed by atoms with E-state index in [1.807, 2.05) is 87.5 Å². The number of aliphatic carboxylic acids is 1. The van der Waals surface area contributed by atoms with E-state index < -0.39 is 12.1 Å². The Hall–Kier alpha value is -3.31. The van der Waals surface area contributed by atoms with Crippen LogP contribution in [0, 0.1) is 6.92 Å². The Labute approximate surface area is 183 Å². The second kappa shape index (κ2) is 12.4. The van der Waals surface area contributed by atoms with Gasteiger partial charge in [0.25, 0.3) is 0 Å². The van der Waals surface area contributed by atoms with Gasteiger partial charge in [0.1, 0.15) is 30.8 Å². The van der Waals surface area contributed by atoms with E-state index in [1.165, 1.54) is 0 Å². The lowest BCUT2D eigenvalue weighted by atomic mass is 10.0. The van der Waals surface area contributed by atoms with Crippen LogP contribution in [0.2, 0.25) is 0 Å². The highest BCUT2D eigenvalue weighted by molar-refractivity contribution is 5.72. The summed E-state index contributed by atoms with van der Waals surface area (Å²) in [5.74, 6) is 0.504. The molecule has 0 heterocycles. The van der Waals surface area contributed by atoms with Crippen molar-refractivity contribution < 1.29 is 24.5 Å². The highest BCUT2D eigenvalue weighted by atomic mass is 16.5. The highest BCUT2D eigenvalue weighted by Crippen LogP contribution is 2.23. The lowest BCUT2D eigenvalue weighted by Crippen LogP contribution is -2.25. The minimum Gasteiger partial charge on any atom is -0.491 e. The third kappa shape index (κ3) is 8.15. The number of ether oxygens (including phenoxy) is 2. The first-order valence-corrected chi connectivity index (χ1v) is 10.4. The molecule has 3 rings (SSSR count). The van der Waals surface area contributed by atoms with Gasteiger partial charge in [0, 0.05) is 0 Å². The normalized spacial score (nSPS) is 11.1. The van der Waals surface area contributed by atoms with Gasteiger partial charge >= 0.3 is 5.97 Å². The molecule has 0 saturated carbocycles. The van der Waals surface area contributed by atoms with Crippen LogP contribution in [0.4, 0.5) is 0 Å². The van der Waals surface area contributed by atoms with Crippen molar-refractivity contribution in [3.05, 3.63) is 83.9 Å². The number of aryl methyl sites for hydroxylation is 1. The minimum atomic E-state index is -0.851. The number of benzene rings is 3. The number of carboxylic acids is 1. The van der Waals surface area contributed by atoms with Gasteiger partial charge in [-0.25, -0.2) is 0 Å². The number of hydrogen-bond donors (Lipinski definition) is 2. The van der Waals surface area contributed by atoms with Crippen LogP contribution in [0.25, 0.3) is 11.1 Å². The molecule has 0 radical (unpaired) electrons. The fourth-order valence-corrected chi connectivity index (χ4v) is 2.85. The second-order valence-corrected chi connectivity index (χ2v) is 6.88. The van der Waals surface area contributed by atoms with Gasteiger partial charge in [-0.05, 0) is 47.9 Å². The van der Waals surface area contributed by atoms with Gasteiger partial charge in [-0.3, -0.25) is 4.79 Å². The Morgan fingerprint density at radius 1 is 0.839 bits per heavy atom. The van der Waals surface area contributed by atoms with E-state index in [4.69, 9.17) is 14.6 Å². The molecular weight excluding hydrogens is 392 g/mol. The zero-order chi connectivity index (χ0) is 22.6. The summed E-state index contributed by atoms with van der Waals surface area (Å²) in [6.07, 6.45) is -0.749. The molecule has 0 amide bonds. The van der Waals surface area contributed by atoms with Crippen molar-refractivity contribution in [3.8, 4) is 22.6 Å². The maximum absolute atomic E-state index is 10.9. The van der Waals surface area contributed by atoms with E-state index in [0.29, 0.717) is 11.5 Å². The van der Waals surface area contributed by atoms with E-state index in [9.17, 15) is 9.90 Å². The maximum Gasteiger partial charge on any atom is 0.307 e. The first kappa shape index (κ1) is 24.0. The summed E-state index contributed by atoms with van der Waals surface area (Å²) >= 11 is 0. The predicted octanol–water partition coefficient (Wildman–Crippen LogP) is 5.13. The summed E-state index contributed by atoms with van der Waals surface area (Å²) in [7, 11) is 0. The van der Waals surface area contributed by atoms with Gasteiger partial charge in [0.15, 0.2) is 0 Å². The molecule has 0 saturated heterocycles. The van der Waals surface area contributed by atoms with Crippen LogP contribution >= 0.6 is 0 Å². The Bertz CT molecular complexity index is 933. The van der Waals surface area contributed by atoms with Crippen LogP contribution < -0.4 is 9.47 Å². The van der Waals surface area contributed by atoms with Crippen molar-refractivity contribution in [2.24, 2.45) is 0 Å². The quantitative estimate of drug-likeness (QED) is 0.500. The van der Waals surface area contributed by atoms with Crippen LogP contribution in [0.1, 0.15) is 25.0 Å². The largest absolute Gasteiger partial charge is 0.491 e. The lowest BCUT2D eigenvalue weighted by molar-refractivity contribution is -0.136. The topological polar surface area (TPSA) is 76.0 Å². The number of aliphatic hydroxyl groups excluding tert-OH is 1. The van der Waals surface area contributed by atoms with Crippen molar-refractivity contribution in [2.75, 3.05) is 13.2 Å². The molecule has 0 fully saturated rings. The first-order valence-electron chi connectivity index (χ1n) is 10.4. The number of rotatable bonds is 9. The molecule has 1 atom stereocenters. The molecule has 31 heavy (non-hydrogen) atoms. The fraction of sp³-hybridized carbons (Fsp3) is 0.269. The van der Waals surface area contributed by atoms with E-state index in [1.54, 1.807) is 6.07 Å². The second-order valence-electron chi connectivity index (χ2n) is 6.88. The summed E-state index contributed by atoms with van der Waals surface area (Å²) in [5.41, 5.74) is 3.82. The zero-order valence-corrected chi connectivity index (χ0v) is 18.2. The van der Waals surface area contributed by atoms with E-state index in [2.05, 4.69) is 0 Å². The molecule has 0 aliphatic heterocycles. The highest BCUT2D eigenvalue weighted by Gasteiger charge is 2.08. The smallest absolute Gasteiger partial charge is 0.307 e. The van der Waals surface area contributed by atoms with Crippen molar-refractivity contribution in [2.45, 2.75) is 33.3 Å². The van der Waals surface area contributed by atoms with Crippen LogP contribution in [-0.4, -0.2) is 35.5 Å². The summed E-state index contributed by atoms with van der Waals surface area (Å²) in [6, 6.07) is 22.6. The average molecular weight is 423 g/mol. The zero-order valence-electron chi connectivity index (χ0n) is 18.2. The van der Waals surface area contributed by atoms with Crippen molar-refractivity contribution >= 4 is 5.97 Å². The average Bonchev–Trinajstić information content (AvgIpc) is 2.79. The molecule has 2 N–H and O–H groups in total. The van der Waals surface area contributed by atoms with Crippen LogP contribution in [0.3, 0.4) is 0 Å². The molecule has 0 spiro atoms. The molecule has 3 aromatic carbocycles. The number of aliphatic hydroxyl groups is 1. The molecule has 164 valence electrons. The molecule has 0 aromatic heterocycles. The number of carbonyl (C=O) groups is 1. The number of carboxylic acid groups (broad SMARTS) is 1. The number of hydrogen-bond acceptors (Lipinski definition) is 4. The summed E-state index contributed by atoms with van der Waals surface area (Å²) in [4.78, 5) is 10.9. The third-order valence-electron chi connectivity index (χ3n) is 4.38. The van der Waals surface area contributed by atoms with Crippen molar-refractivity contribution in [1.29, 1.82) is 0 Å². The Balaban J connectivity index is 0.00000166. The van der Waals surface area contributed by atoms with E-state index in [-0.39, 0.29) is 19.6 Å². The molecule has 5 heteroatoms. The SMILES string of the molecule is CC.Cc1ccc(OCC(O)COc2ccc(-c3cccc(CC(=O)O)c3)cc2)cc1. The Kier molecular flexibility index (Phi) is 9.59. The summed E-state index contributed by atoms with van der Waals surface area (Å²) < 4.78 is 11.2. The Morgan fingerprint density at radius 3 is 1.94 bits per heavy atom. The van der Waals surface area contributed by atoms with Gasteiger partial charge < -0.3 is 19.7 Å². The van der Waals surface area contributed by atoms with Crippen molar-refractivity contribution in [1.82, 2.24) is 0 Å². The Morgan fingerprint density at radius 2 is 1.39 bits per heavy atom. The minimum absolute atomic E-state index is 0.00240. The molecule has 1 unspecified atom stereocenters. The lowest BCUT2D eigenvalue weighted by Gasteiger charge is -2.14. The van der Waals surface area contributed by atoms with Gasteiger partial charge in [-0.15, -0.1) is 0 Å². The summed E-state index contributed by atoms with van der Waals surface area (Å²) in [6.45, 7) is 6.28. The predicted molar refractivity (Wildman–Crippen MR) is 123 cm³/mol. The van der Waals surface area contributed by atoms with E-state index in [0.717, 1.165) is 22.3 Å². The first-order chi connectivity index (χ1) is 15.0. The molecular formula is C26H30O5.